The fourth-order valence-corrected chi connectivity index (χ4v) is 2.65. The van der Waals surface area contributed by atoms with Crippen molar-refractivity contribution in [2.24, 2.45) is 0 Å². The summed E-state index contributed by atoms with van der Waals surface area (Å²) in [5.74, 6) is -0.945. The number of aryl methyl sites for hydroxylation is 2. The molecule has 25 heavy (non-hydrogen) atoms. The number of hydrogen-bond acceptors (Lipinski definition) is 1. The van der Waals surface area contributed by atoms with E-state index in [-0.39, 0.29) is 22.3 Å². The Balaban J connectivity index is 2.74. The van der Waals surface area contributed by atoms with Gasteiger partial charge in [-0.25, -0.2) is 9.37 Å². The highest BCUT2D eigenvalue weighted by Crippen LogP contribution is 2.53. The van der Waals surface area contributed by atoms with Crippen molar-refractivity contribution in [1.29, 1.82) is 0 Å². The first-order valence-electron chi connectivity index (χ1n) is 6.85. The summed E-state index contributed by atoms with van der Waals surface area (Å²) in [5, 5.41) is 0. The molecule has 0 N–H and O–H groups in total. The molecule has 0 aliphatic heterocycles. The van der Waals surface area contributed by atoms with Crippen molar-refractivity contribution in [3.63, 3.8) is 0 Å². The Labute approximate surface area is 137 Å². The van der Waals surface area contributed by atoms with Gasteiger partial charge in [0.05, 0.1) is 0 Å². The normalized spacial score (nSPS) is 13.2. The molecule has 1 nitrogen and oxygen atoms in total. The predicted octanol–water partition coefficient (Wildman–Crippen LogP) is 5.79. The van der Waals surface area contributed by atoms with Crippen molar-refractivity contribution < 1.29 is 35.1 Å². The zero-order chi connectivity index (χ0) is 19.2. The predicted molar refractivity (Wildman–Crippen MR) is 74.0 cm³/mol. The van der Waals surface area contributed by atoms with E-state index in [1.807, 2.05) is 0 Å². The number of alkyl halides is 7. The first-order chi connectivity index (χ1) is 11.3. The fourth-order valence-electron chi connectivity index (χ4n) is 2.65. The van der Waals surface area contributed by atoms with Gasteiger partial charge in [-0.3, -0.25) is 0 Å². The van der Waals surface area contributed by atoms with Gasteiger partial charge in [0.15, 0.2) is 0 Å². The van der Waals surface area contributed by atoms with E-state index in [1.54, 1.807) is 0 Å². The van der Waals surface area contributed by atoms with Crippen molar-refractivity contribution in [3.8, 4) is 11.1 Å². The summed E-state index contributed by atoms with van der Waals surface area (Å²) in [6, 6.07) is 3.48. The zero-order valence-electron chi connectivity index (χ0n) is 12.9. The number of nitrogens with zero attached hydrogens (tertiary/aromatic N) is 1. The van der Waals surface area contributed by atoms with E-state index in [1.165, 1.54) is 26.0 Å². The van der Waals surface area contributed by atoms with Gasteiger partial charge in [0.2, 0.25) is 5.95 Å². The Morgan fingerprint density at radius 1 is 0.840 bits per heavy atom. The third-order valence-corrected chi connectivity index (χ3v) is 3.74. The van der Waals surface area contributed by atoms with Crippen LogP contribution in [0.2, 0.25) is 0 Å². The van der Waals surface area contributed by atoms with Crippen LogP contribution in [-0.2, 0) is 5.67 Å². The summed E-state index contributed by atoms with van der Waals surface area (Å²) in [4.78, 5) is 3.39. The number of halogens is 8. The lowest BCUT2D eigenvalue weighted by Crippen LogP contribution is -2.50. The molecule has 0 amide bonds. The molecule has 1 aromatic carbocycles. The maximum Gasteiger partial charge on any atom is 0.435 e. The number of benzene rings is 1. The maximum atomic E-state index is 14.2. The number of hydrogen-bond donors (Lipinski definition) is 0. The Morgan fingerprint density at radius 2 is 1.32 bits per heavy atom. The van der Waals surface area contributed by atoms with Crippen LogP contribution in [0.4, 0.5) is 35.1 Å². The molecule has 0 fully saturated rings. The van der Waals surface area contributed by atoms with E-state index in [9.17, 15) is 35.1 Å². The molecule has 0 aliphatic carbocycles. The standard InChI is InChI=1S/C16H11F8N/c1-8-6-10(14(18,15(19,20)21)16(22,23)24)7-9(2)12(8)11-4-3-5-25-13(11)17/h3-7H,1-2H3. The van der Waals surface area contributed by atoms with Gasteiger partial charge in [-0.05, 0) is 42.7 Å². The maximum absolute atomic E-state index is 14.2. The average Bonchev–Trinajstić information content (AvgIpc) is 2.45. The molecule has 0 saturated carbocycles. The van der Waals surface area contributed by atoms with Crippen LogP contribution in [0.1, 0.15) is 16.7 Å². The van der Waals surface area contributed by atoms with E-state index < -0.39 is 29.5 Å². The van der Waals surface area contributed by atoms with Crippen LogP contribution in [0.15, 0.2) is 30.5 Å². The smallest absolute Gasteiger partial charge is 0.228 e. The second-order valence-electron chi connectivity index (χ2n) is 5.48. The topological polar surface area (TPSA) is 12.9 Å². The van der Waals surface area contributed by atoms with Gasteiger partial charge in [-0.1, -0.05) is 12.1 Å². The lowest BCUT2D eigenvalue weighted by molar-refractivity contribution is -0.348. The summed E-state index contributed by atoms with van der Waals surface area (Å²) in [6.07, 6.45) is -11.3. The minimum Gasteiger partial charge on any atom is -0.228 e. The van der Waals surface area contributed by atoms with Crippen molar-refractivity contribution in [3.05, 3.63) is 53.1 Å². The van der Waals surface area contributed by atoms with Gasteiger partial charge in [-0.15, -0.1) is 0 Å². The first kappa shape index (κ1) is 19.1. The summed E-state index contributed by atoms with van der Waals surface area (Å²) >= 11 is 0. The van der Waals surface area contributed by atoms with Gasteiger partial charge in [0.25, 0.3) is 0 Å². The van der Waals surface area contributed by atoms with Gasteiger partial charge < -0.3 is 0 Å². The largest absolute Gasteiger partial charge is 0.435 e. The second-order valence-corrected chi connectivity index (χ2v) is 5.48. The highest BCUT2D eigenvalue weighted by Gasteiger charge is 2.73. The zero-order valence-corrected chi connectivity index (χ0v) is 12.9. The Bertz CT molecular complexity index is 754. The van der Waals surface area contributed by atoms with Crippen LogP contribution in [0, 0.1) is 19.8 Å². The SMILES string of the molecule is Cc1cc(C(F)(C(F)(F)F)C(F)(F)F)cc(C)c1-c1cccnc1F. The summed E-state index contributed by atoms with van der Waals surface area (Å²) in [5.41, 5.74) is -7.46. The van der Waals surface area contributed by atoms with E-state index >= 15 is 0 Å². The monoisotopic (exact) mass is 369 g/mol. The van der Waals surface area contributed by atoms with Crippen LogP contribution in [0.3, 0.4) is 0 Å². The highest BCUT2D eigenvalue weighted by atomic mass is 19.4. The lowest BCUT2D eigenvalue weighted by atomic mass is 9.87. The van der Waals surface area contributed by atoms with E-state index in [0.717, 1.165) is 6.20 Å². The molecule has 0 unspecified atom stereocenters. The van der Waals surface area contributed by atoms with Crippen LogP contribution >= 0.6 is 0 Å². The minimum absolute atomic E-state index is 0.0565. The van der Waals surface area contributed by atoms with Gasteiger partial charge >= 0.3 is 18.0 Å². The lowest BCUT2D eigenvalue weighted by Gasteiger charge is -2.31. The Hall–Kier alpha value is -2.19. The van der Waals surface area contributed by atoms with Crippen LogP contribution < -0.4 is 0 Å². The Morgan fingerprint density at radius 3 is 1.72 bits per heavy atom. The van der Waals surface area contributed by atoms with Gasteiger partial charge in [0.1, 0.15) is 0 Å². The van der Waals surface area contributed by atoms with Crippen LogP contribution in [0.25, 0.3) is 11.1 Å². The molecular formula is C16H11F8N. The van der Waals surface area contributed by atoms with E-state index in [2.05, 4.69) is 4.98 Å². The molecule has 0 radical (unpaired) electrons. The molecule has 9 heteroatoms. The average molecular weight is 369 g/mol. The number of pyridine rings is 1. The fraction of sp³-hybridized carbons (Fsp3) is 0.312. The van der Waals surface area contributed by atoms with Crippen LogP contribution in [-0.4, -0.2) is 17.3 Å². The third kappa shape index (κ3) is 3.07. The molecule has 136 valence electrons. The quantitative estimate of drug-likeness (QED) is 0.482. The van der Waals surface area contributed by atoms with Crippen molar-refractivity contribution in [1.82, 2.24) is 4.98 Å². The summed E-state index contributed by atoms with van der Waals surface area (Å²) in [7, 11) is 0. The molecule has 2 aromatic rings. The Kier molecular flexibility index (Phi) is 4.56. The first-order valence-corrected chi connectivity index (χ1v) is 6.85. The van der Waals surface area contributed by atoms with Crippen molar-refractivity contribution in [2.45, 2.75) is 31.9 Å². The van der Waals surface area contributed by atoms with Crippen molar-refractivity contribution in [2.75, 3.05) is 0 Å². The molecule has 0 bridgehead atoms. The molecule has 0 saturated heterocycles. The van der Waals surface area contributed by atoms with Crippen molar-refractivity contribution >= 4 is 0 Å². The van der Waals surface area contributed by atoms with E-state index in [4.69, 9.17) is 0 Å². The van der Waals surface area contributed by atoms with Crippen LogP contribution in [0.5, 0.6) is 0 Å². The molecule has 0 atom stereocenters. The summed E-state index contributed by atoms with van der Waals surface area (Å²) < 4.78 is 105. The minimum atomic E-state index is -6.20. The number of aromatic nitrogens is 1. The summed E-state index contributed by atoms with van der Waals surface area (Å²) in [6.45, 7) is 2.34. The molecule has 2 rings (SSSR count). The van der Waals surface area contributed by atoms with Gasteiger partial charge in [0, 0.05) is 17.3 Å². The molecule has 0 spiro atoms. The molecule has 1 heterocycles. The second kappa shape index (κ2) is 5.96. The van der Waals surface area contributed by atoms with Gasteiger partial charge in [-0.2, -0.15) is 30.7 Å². The third-order valence-electron chi connectivity index (χ3n) is 3.74. The van der Waals surface area contributed by atoms with E-state index in [0.29, 0.717) is 12.1 Å². The molecular weight excluding hydrogens is 358 g/mol. The number of rotatable bonds is 2. The highest BCUT2D eigenvalue weighted by molar-refractivity contribution is 5.71. The molecule has 1 aromatic heterocycles. The molecule has 0 aliphatic rings.